The van der Waals surface area contributed by atoms with E-state index in [0.717, 1.165) is 12.8 Å². The number of aliphatic hydroxyl groups excluding tert-OH is 3. The van der Waals surface area contributed by atoms with Gasteiger partial charge in [-0.2, -0.15) is 0 Å². The van der Waals surface area contributed by atoms with Crippen LogP contribution >= 0.6 is 0 Å². The van der Waals surface area contributed by atoms with Gasteiger partial charge in [0.05, 0.1) is 36.9 Å². The van der Waals surface area contributed by atoms with Gasteiger partial charge in [-0.15, -0.1) is 6.58 Å². The van der Waals surface area contributed by atoms with Crippen LogP contribution in [0.1, 0.15) is 52.9 Å². The van der Waals surface area contributed by atoms with Gasteiger partial charge in [-0.25, -0.2) is 0 Å². The van der Waals surface area contributed by atoms with Crippen molar-refractivity contribution in [1.82, 2.24) is 0 Å². The van der Waals surface area contributed by atoms with E-state index in [0.29, 0.717) is 6.42 Å². The predicted molar refractivity (Wildman–Crippen MR) is 99.8 cm³/mol. The second kappa shape index (κ2) is 6.55. The summed E-state index contributed by atoms with van der Waals surface area (Å²) in [6.07, 6.45) is 2.86. The lowest BCUT2D eigenvalue weighted by Crippen LogP contribution is -2.71. The van der Waals surface area contributed by atoms with Gasteiger partial charge in [-0.1, -0.05) is 19.4 Å². The number of rotatable bonds is 3. The summed E-state index contributed by atoms with van der Waals surface area (Å²) in [5.74, 6) is -0.890. The summed E-state index contributed by atoms with van der Waals surface area (Å²) in [6.45, 7) is 9.36. The predicted octanol–water partition coefficient (Wildman–Crippen LogP) is 1.81. The van der Waals surface area contributed by atoms with Gasteiger partial charge in [0.1, 0.15) is 5.60 Å². The van der Waals surface area contributed by atoms with Crippen LogP contribution in [-0.2, 0) is 14.3 Å². The summed E-state index contributed by atoms with van der Waals surface area (Å²) in [5.41, 5.74) is -3.14. The molecule has 0 aromatic rings. The van der Waals surface area contributed by atoms with E-state index in [4.69, 9.17) is 9.47 Å². The molecule has 0 aromatic heterocycles. The Morgan fingerprint density at radius 3 is 2.37 bits per heavy atom. The van der Waals surface area contributed by atoms with Gasteiger partial charge >= 0.3 is 5.97 Å². The van der Waals surface area contributed by atoms with Gasteiger partial charge < -0.3 is 24.8 Å². The van der Waals surface area contributed by atoms with Crippen molar-refractivity contribution in [2.45, 2.75) is 76.3 Å². The lowest BCUT2D eigenvalue weighted by atomic mass is 9.42. The van der Waals surface area contributed by atoms with Gasteiger partial charge in [-0.05, 0) is 32.1 Å². The number of ether oxygens (including phenoxy) is 2. The van der Waals surface area contributed by atoms with Crippen LogP contribution in [0.25, 0.3) is 0 Å². The Labute approximate surface area is 161 Å². The maximum absolute atomic E-state index is 12.7. The Hall–Kier alpha value is -0.950. The number of hydrogen-bond acceptors (Lipinski definition) is 6. The molecular formula is C21H34O6. The van der Waals surface area contributed by atoms with Crippen LogP contribution in [0.4, 0.5) is 0 Å². The molecule has 2 aliphatic carbocycles. The van der Waals surface area contributed by atoms with E-state index in [1.165, 1.54) is 7.11 Å². The summed E-state index contributed by atoms with van der Waals surface area (Å²) in [6, 6.07) is 0. The van der Waals surface area contributed by atoms with E-state index >= 15 is 0 Å². The van der Waals surface area contributed by atoms with Gasteiger partial charge in [0, 0.05) is 24.7 Å². The Morgan fingerprint density at radius 2 is 1.81 bits per heavy atom. The molecular weight excluding hydrogens is 348 g/mol. The molecule has 0 aromatic carbocycles. The fraction of sp³-hybridized carbons (Fsp3) is 0.857. The van der Waals surface area contributed by atoms with Gasteiger partial charge in [-0.3, -0.25) is 4.79 Å². The number of hydrogen-bond donors (Lipinski definition) is 3. The minimum Gasteiger partial charge on any atom is -0.469 e. The zero-order chi connectivity index (χ0) is 20.3. The Morgan fingerprint density at radius 1 is 1.19 bits per heavy atom. The third-order valence-electron chi connectivity index (χ3n) is 7.84. The number of aliphatic hydroxyl groups is 3. The van der Waals surface area contributed by atoms with Crippen molar-refractivity contribution < 1.29 is 29.6 Å². The van der Waals surface area contributed by atoms with E-state index < -0.39 is 34.2 Å². The smallest absolute Gasteiger partial charge is 0.311 e. The van der Waals surface area contributed by atoms with Gasteiger partial charge in [0.15, 0.2) is 0 Å². The monoisotopic (exact) mass is 382 g/mol. The number of methoxy groups -OCH3 is 1. The van der Waals surface area contributed by atoms with Crippen LogP contribution in [0.3, 0.4) is 0 Å². The zero-order valence-corrected chi connectivity index (χ0v) is 16.9. The molecule has 1 heterocycles. The van der Waals surface area contributed by atoms with Crippen molar-refractivity contribution in [1.29, 1.82) is 0 Å². The topological polar surface area (TPSA) is 96.2 Å². The van der Waals surface area contributed by atoms with E-state index in [-0.39, 0.29) is 37.3 Å². The third-order valence-corrected chi connectivity index (χ3v) is 7.84. The van der Waals surface area contributed by atoms with E-state index in [9.17, 15) is 20.1 Å². The maximum Gasteiger partial charge on any atom is 0.311 e. The van der Waals surface area contributed by atoms with Gasteiger partial charge in [0.25, 0.3) is 0 Å². The molecule has 27 heavy (non-hydrogen) atoms. The highest BCUT2D eigenvalue weighted by molar-refractivity contribution is 5.77. The summed E-state index contributed by atoms with van der Waals surface area (Å²) < 4.78 is 11.5. The minimum atomic E-state index is -1.02. The van der Waals surface area contributed by atoms with Crippen molar-refractivity contribution in [3.8, 4) is 0 Å². The number of fused-ring (bicyclic) bond motifs is 3. The van der Waals surface area contributed by atoms with Crippen LogP contribution in [-0.4, -0.2) is 58.4 Å². The molecule has 1 saturated heterocycles. The molecule has 8 atom stereocenters. The van der Waals surface area contributed by atoms with Crippen LogP contribution in [0.5, 0.6) is 0 Å². The SMILES string of the molecule is C=C[C@]1(CO)C[C@@H](O)[C@@H]2[C@]3(C)CCC[C@](C)(C(=O)OC)[C@@H]3[C@@H](O)C[C@]2(C)O1. The molecule has 3 rings (SSSR count). The number of carbonyl (C=O) groups excluding carboxylic acids is 1. The minimum absolute atomic E-state index is 0.251. The second-order valence-electron chi connectivity index (χ2n) is 9.61. The first-order valence-corrected chi connectivity index (χ1v) is 9.91. The molecule has 1 aliphatic heterocycles. The fourth-order valence-corrected chi connectivity index (χ4v) is 7.12. The first kappa shape index (κ1) is 20.8. The molecule has 0 radical (unpaired) electrons. The number of esters is 1. The Bertz CT molecular complexity index is 622. The van der Waals surface area contributed by atoms with Crippen LogP contribution in [0.15, 0.2) is 12.7 Å². The lowest BCUT2D eigenvalue weighted by molar-refractivity contribution is -0.311. The average molecular weight is 382 g/mol. The first-order chi connectivity index (χ1) is 12.5. The molecule has 3 aliphatic rings. The summed E-state index contributed by atoms with van der Waals surface area (Å²) >= 11 is 0. The van der Waals surface area contributed by atoms with E-state index in [1.54, 1.807) is 6.08 Å². The quantitative estimate of drug-likeness (QED) is 0.509. The Balaban J connectivity index is 2.08. The van der Waals surface area contributed by atoms with Crippen molar-refractivity contribution in [2.75, 3.05) is 13.7 Å². The highest BCUT2D eigenvalue weighted by atomic mass is 16.5. The van der Waals surface area contributed by atoms with E-state index in [2.05, 4.69) is 13.5 Å². The van der Waals surface area contributed by atoms with Crippen molar-refractivity contribution in [3.63, 3.8) is 0 Å². The van der Waals surface area contributed by atoms with Crippen LogP contribution < -0.4 is 0 Å². The van der Waals surface area contributed by atoms with Crippen molar-refractivity contribution >= 4 is 5.97 Å². The normalized spacial score (nSPS) is 52.4. The second-order valence-corrected chi connectivity index (χ2v) is 9.61. The standard InChI is InChI=1S/C21H34O6/c1-6-21(12-22)11-14(24)16-18(2)8-7-9-19(3,17(25)26-5)15(18)13(23)10-20(16,4)27-21/h6,13-16,22-24H,1,7-12H2,2-5H3/t13-,14+,15+,16+,18+,19-,20-,21+/m0/s1. The molecule has 0 amide bonds. The first-order valence-electron chi connectivity index (χ1n) is 9.91. The van der Waals surface area contributed by atoms with Gasteiger partial charge in [0.2, 0.25) is 0 Å². The lowest BCUT2D eigenvalue weighted by Gasteiger charge is -2.67. The highest BCUT2D eigenvalue weighted by Gasteiger charge is 2.69. The average Bonchev–Trinajstić information content (AvgIpc) is 2.58. The van der Waals surface area contributed by atoms with Crippen molar-refractivity contribution in [2.24, 2.45) is 22.7 Å². The number of carbonyl (C=O) groups is 1. The maximum atomic E-state index is 12.7. The summed E-state index contributed by atoms with van der Waals surface area (Å²) in [5, 5.41) is 32.3. The molecule has 2 saturated carbocycles. The molecule has 3 fully saturated rings. The summed E-state index contributed by atoms with van der Waals surface area (Å²) in [4.78, 5) is 12.7. The molecule has 154 valence electrons. The highest BCUT2D eigenvalue weighted by Crippen LogP contribution is 2.65. The molecule has 0 unspecified atom stereocenters. The largest absolute Gasteiger partial charge is 0.469 e. The third kappa shape index (κ3) is 2.79. The molecule has 0 spiro atoms. The Kier molecular flexibility index (Phi) is 5.04. The van der Waals surface area contributed by atoms with Crippen LogP contribution in [0.2, 0.25) is 0 Å². The molecule has 0 bridgehead atoms. The molecule has 6 heteroatoms. The molecule has 6 nitrogen and oxygen atoms in total. The zero-order valence-electron chi connectivity index (χ0n) is 16.9. The van der Waals surface area contributed by atoms with Crippen molar-refractivity contribution in [3.05, 3.63) is 12.7 Å². The van der Waals surface area contributed by atoms with Crippen LogP contribution in [0, 0.1) is 22.7 Å². The summed E-state index contributed by atoms with van der Waals surface area (Å²) in [7, 11) is 1.39. The fourth-order valence-electron chi connectivity index (χ4n) is 7.12. The van der Waals surface area contributed by atoms with E-state index in [1.807, 2.05) is 13.8 Å². The molecule has 3 N–H and O–H groups in total.